The fraction of sp³-hybridized carbons (Fsp3) is 0.222. The van der Waals surface area contributed by atoms with E-state index >= 15 is 0 Å². The van der Waals surface area contributed by atoms with Gasteiger partial charge in [0.25, 0.3) is 5.91 Å². The molecule has 0 aromatic heterocycles. The third kappa shape index (κ3) is 4.51. The van der Waals surface area contributed by atoms with Gasteiger partial charge >= 0.3 is 6.03 Å². The van der Waals surface area contributed by atoms with Gasteiger partial charge in [-0.15, -0.1) is 0 Å². The lowest BCUT2D eigenvalue weighted by Gasteiger charge is -2.30. The Hall–Kier alpha value is -3.93. The van der Waals surface area contributed by atoms with Gasteiger partial charge in [0, 0.05) is 13.1 Å². The number of urea groups is 1. The van der Waals surface area contributed by atoms with E-state index in [1.165, 1.54) is 0 Å². The molecule has 1 fully saturated rings. The Morgan fingerprint density at radius 3 is 1.79 bits per heavy atom. The highest BCUT2D eigenvalue weighted by atomic mass is 16.2. The number of hydrogen-bond donors (Lipinski definition) is 1. The van der Waals surface area contributed by atoms with E-state index in [0.29, 0.717) is 18.7 Å². The number of rotatable bonds is 7. The monoisotopic (exact) mass is 441 g/mol. The molecule has 3 aromatic carbocycles. The van der Waals surface area contributed by atoms with Crippen molar-refractivity contribution in [3.05, 3.63) is 108 Å². The first-order valence-corrected chi connectivity index (χ1v) is 11.0. The molecule has 0 radical (unpaired) electrons. The molecule has 4 rings (SSSR count). The first-order chi connectivity index (χ1) is 15.9. The number of nitrogens with one attached hydrogen (secondary N) is 1. The van der Waals surface area contributed by atoms with Crippen molar-refractivity contribution < 1.29 is 14.4 Å². The minimum absolute atomic E-state index is 0.288. The summed E-state index contributed by atoms with van der Waals surface area (Å²) < 4.78 is 0. The zero-order valence-corrected chi connectivity index (χ0v) is 18.8. The van der Waals surface area contributed by atoms with E-state index in [2.05, 4.69) is 5.32 Å². The van der Waals surface area contributed by atoms with E-state index in [9.17, 15) is 14.4 Å². The predicted molar refractivity (Wildman–Crippen MR) is 126 cm³/mol. The van der Waals surface area contributed by atoms with Gasteiger partial charge in [-0.1, -0.05) is 91.0 Å². The summed E-state index contributed by atoms with van der Waals surface area (Å²) in [7, 11) is 0. The Morgan fingerprint density at radius 1 is 0.848 bits per heavy atom. The lowest BCUT2D eigenvalue weighted by molar-refractivity contribution is -0.143. The van der Waals surface area contributed by atoms with Crippen molar-refractivity contribution in [2.45, 2.75) is 38.5 Å². The number of carbonyl (C=O) groups excluding carboxylic acids is 3. The van der Waals surface area contributed by atoms with Gasteiger partial charge in [-0.2, -0.15) is 0 Å². The predicted octanol–water partition coefficient (Wildman–Crippen LogP) is 4.07. The molecule has 6 heteroatoms. The minimum Gasteiger partial charge on any atom is -0.332 e. The molecule has 1 N–H and O–H groups in total. The van der Waals surface area contributed by atoms with Gasteiger partial charge in [-0.05, 0) is 30.5 Å². The molecule has 0 unspecified atom stereocenters. The van der Waals surface area contributed by atoms with E-state index in [-0.39, 0.29) is 5.91 Å². The highest BCUT2D eigenvalue weighted by Crippen LogP contribution is 2.30. The third-order valence-electron chi connectivity index (χ3n) is 6.06. The number of imide groups is 1. The molecule has 3 aromatic rings. The zero-order valence-electron chi connectivity index (χ0n) is 18.8. The van der Waals surface area contributed by atoms with Crippen LogP contribution >= 0.6 is 0 Å². The smallest absolute Gasteiger partial charge is 0.326 e. The maximum atomic E-state index is 13.6. The number of carbonyl (C=O) groups is 3. The maximum Gasteiger partial charge on any atom is 0.326 e. The van der Waals surface area contributed by atoms with Crippen LogP contribution in [0.5, 0.6) is 0 Å². The normalized spacial score (nSPS) is 18.7. The van der Waals surface area contributed by atoms with Gasteiger partial charge in [0.2, 0.25) is 5.91 Å². The highest BCUT2D eigenvalue weighted by molar-refractivity contribution is 6.09. The first-order valence-electron chi connectivity index (χ1n) is 11.0. The van der Waals surface area contributed by atoms with Crippen LogP contribution in [-0.4, -0.2) is 33.7 Å². The van der Waals surface area contributed by atoms with Crippen molar-refractivity contribution in [2.75, 3.05) is 0 Å². The number of amides is 4. The summed E-state index contributed by atoms with van der Waals surface area (Å²) in [5.74, 6) is -0.720. The average Bonchev–Trinajstić information content (AvgIpc) is 3.08. The van der Waals surface area contributed by atoms with E-state index in [1.807, 2.05) is 78.9 Å². The van der Waals surface area contributed by atoms with E-state index < -0.39 is 23.5 Å². The lowest BCUT2D eigenvalue weighted by atomic mass is 9.92. The molecule has 0 aliphatic carbocycles. The molecular weight excluding hydrogens is 414 g/mol. The van der Waals surface area contributed by atoms with Gasteiger partial charge in [-0.3, -0.25) is 9.59 Å². The zero-order chi connectivity index (χ0) is 23.4. The van der Waals surface area contributed by atoms with Crippen molar-refractivity contribution >= 4 is 17.8 Å². The first kappa shape index (κ1) is 22.3. The van der Waals surface area contributed by atoms with E-state index in [0.717, 1.165) is 16.0 Å². The van der Waals surface area contributed by atoms with Crippen LogP contribution in [0, 0.1) is 0 Å². The van der Waals surface area contributed by atoms with Crippen LogP contribution in [0.3, 0.4) is 0 Å². The van der Waals surface area contributed by atoms with E-state index in [1.54, 1.807) is 30.9 Å². The largest absolute Gasteiger partial charge is 0.332 e. The fourth-order valence-corrected chi connectivity index (χ4v) is 4.17. The Kier molecular flexibility index (Phi) is 6.27. The van der Waals surface area contributed by atoms with Crippen molar-refractivity contribution in [2.24, 2.45) is 0 Å². The minimum atomic E-state index is -1.21. The van der Waals surface area contributed by atoms with Crippen molar-refractivity contribution in [3.8, 4) is 0 Å². The summed E-state index contributed by atoms with van der Waals surface area (Å²) in [6.45, 7) is 4.03. The Labute approximate surface area is 193 Å². The fourth-order valence-electron chi connectivity index (χ4n) is 4.17. The molecule has 1 saturated heterocycles. The van der Waals surface area contributed by atoms with Gasteiger partial charge in [0.05, 0.1) is 0 Å². The number of nitrogens with zero attached hydrogens (tertiary/aromatic N) is 2. The average molecular weight is 442 g/mol. The molecule has 1 heterocycles. The van der Waals surface area contributed by atoms with Crippen LogP contribution in [0.4, 0.5) is 4.79 Å². The van der Waals surface area contributed by atoms with Crippen molar-refractivity contribution in [1.29, 1.82) is 0 Å². The summed E-state index contributed by atoms with van der Waals surface area (Å²) in [5.41, 5.74) is 1.41. The number of benzene rings is 3. The van der Waals surface area contributed by atoms with Crippen molar-refractivity contribution in [3.63, 3.8) is 0 Å². The SMILES string of the molecule is C[C@H](C(=O)N(Cc1ccccc1)Cc1ccccc1)N1C(=O)N[C@@](C)(c2ccccc2)C1=O. The van der Waals surface area contributed by atoms with Gasteiger partial charge < -0.3 is 10.2 Å². The maximum absolute atomic E-state index is 13.6. The molecule has 1 aliphatic rings. The molecular formula is C27H27N3O3. The quantitative estimate of drug-likeness (QED) is 0.562. The van der Waals surface area contributed by atoms with Crippen LogP contribution in [0.1, 0.15) is 30.5 Å². The summed E-state index contributed by atoms with van der Waals surface area (Å²) in [6.07, 6.45) is 0. The topological polar surface area (TPSA) is 69.7 Å². The molecule has 2 atom stereocenters. The van der Waals surface area contributed by atoms with Gasteiger partial charge in [0.15, 0.2) is 0 Å². The van der Waals surface area contributed by atoms with Crippen molar-refractivity contribution in [1.82, 2.24) is 15.1 Å². The Balaban J connectivity index is 1.60. The lowest BCUT2D eigenvalue weighted by Crippen LogP contribution is -2.50. The van der Waals surface area contributed by atoms with Crippen LogP contribution in [0.2, 0.25) is 0 Å². The van der Waals surface area contributed by atoms with Crippen LogP contribution in [0.15, 0.2) is 91.0 Å². The second-order valence-electron chi connectivity index (χ2n) is 8.44. The Morgan fingerprint density at radius 2 is 1.30 bits per heavy atom. The van der Waals surface area contributed by atoms with Gasteiger partial charge in [0.1, 0.15) is 11.6 Å². The van der Waals surface area contributed by atoms with Crippen LogP contribution in [-0.2, 0) is 28.2 Å². The summed E-state index contributed by atoms with van der Waals surface area (Å²) in [5, 5.41) is 2.79. The highest BCUT2D eigenvalue weighted by Gasteiger charge is 2.52. The van der Waals surface area contributed by atoms with Crippen LogP contribution in [0.25, 0.3) is 0 Å². The summed E-state index contributed by atoms with van der Waals surface area (Å²) in [4.78, 5) is 42.6. The third-order valence-corrected chi connectivity index (χ3v) is 6.06. The summed E-state index contributed by atoms with van der Waals surface area (Å²) in [6, 6.07) is 26.9. The molecule has 33 heavy (non-hydrogen) atoms. The van der Waals surface area contributed by atoms with E-state index in [4.69, 9.17) is 0 Å². The molecule has 0 bridgehead atoms. The molecule has 0 spiro atoms. The molecule has 1 aliphatic heterocycles. The Bertz CT molecular complexity index is 1090. The second-order valence-corrected chi connectivity index (χ2v) is 8.44. The standard InChI is InChI=1S/C27H27N3O3/c1-20(30-25(32)27(2,28-26(30)33)23-16-10-5-11-17-23)24(31)29(18-21-12-6-3-7-13-21)19-22-14-8-4-9-15-22/h3-17,20H,18-19H2,1-2H3,(H,28,33)/t20-,27+/m1/s1. The molecule has 4 amide bonds. The summed E-state index contributed by atoms with van der Waals surface area (Å²) >= 11 is 0. The molecule has 168 valence electrons. The van der Waals surface area contributed by atoms with Crippen LogP contribution < -0.4 is 5.32 Å². The molecule has 6 nitrogen and oxygen atoms in total. The molecule has 0 saturated carbocycles. The number of hydrogen-bond acceptors (Lipinski definition) is 3. The second kappa shape index (κ2) is 9.28. The van der Waals surface area contributed by atoms with Gasteiger partial charge in [-0.25, -0.2) is 9.69 Å².